The number of hydrogen-bond acceptors (Lipinski definition) is 3. The number of halogens is 3. The lowest BCUT2D eigenvalue weighted by molar-refractivity contribution is -0.137. The number of hydrogen-bond donors (Lipinski definition) is 1. The van der Waals surface area contributed by atoms with Gasteiger partial charge < -0.3 is 10.6 Å². The average Bonchev–Trinajstić information content (AvgIpc) is 2.35. The summed E-state index contributed by atoms with van der Waals surface area (Å²) in [6.07, 6.45) is -4.35. The van der Waals surface area contributed by atoms with Gasteiger partial charge in [-0.05, 0) is 17.7 Å². The summed E-state index contributed by atoms with van der Waals surface area (Å²) in [4.78, 5) is 1.84. The van der Waals surface area contributed by atoms with E-state index in [1.807, 2.05) is 16.7 Å². The van der Waals surface area contributed by atoms with Gasteiger partial charge in [-0.25, -0.2) is 0 Å². The van der Waals surface area contributed by atoms with E-state index in [2.05, 4.69) is 13.8 Å². The maximum atomic E-state index is 13.2. The van der Waals surface area contributed by atoms with Gasteiger partial charge in [0, 0.05) is 35.8 Å². The van der Waals surface area contributed by atoms with Crippen LogP contribution in [0.4, 0.5) is 18.9 Å². The molecule has 112 valence electrons. The highest BCUT2D eigenvalue weighted by atomic mass is 32.2. The van der Waals surface area contributed by atoms with Gasteiger partial charge in [0.05, 0.1) is 5.56 Å². The zero-order valence-corrected chi connectivity index (χ0v) is 12.4. The molecule has 0 amide bonds. The van der Waals surface area contributed by atoms with Crippen LogP contribution in [0.1, 0.15) is 25.0 Å². The molecule has 0 bridgehead atoms. The van der Waals surface area contributed by atoms with Crippen LogP contribution >= 0.6 is 11.8 Å². The van der Waals surface area contributed by atoms with Crippen molar-refractivity contribution in [3.63, 3.8) is 0 Å². The van der Waals surface area contributed by atoms with Crippen LogP contribution < -0.4 is 10.6 Å². The van der Waals surface area contributed by atoms with E-state index in [-0.39, 0.29) is 12.2 Å². The van der Waals surface area contributed by atoms with E-state index in [1.54, 1.807) is 12.1 Å². The summed E-state index contributed by atoms with van der Waals surface area (Å²) in [6, 6.07) is 4.41. The Hall–Kier alpha value is -0.880. The van der Waals surface area contributed by atoms with Crippen LogP contribution in [0.3, 0.4) is 0 Å². The fourth-order valence-corrected chi connectivity index (χ4v) is 3.91. The molecule has 0 spiro atoms. The molecule has 0 radical (unpaired) electrons. The molecule has 6 heteroatoms. The Morgan fingerprint density at radius 2 is 1.85 bits per heavy atom. The van der Waals surface area contributed by atoms with E-state index in [1.165, 1.54) is 6.07 Å². The molecule has 2 rings (SSSR count). The predicted octanol–water partition coefficient (Wildman–Crippen LogP) is 3.49. The minimum Gasteiger partial charge on any atom is -0.369 e. The lowest BCUT2D eigenvalue weighted by Gasteiger charge is -2.37. The fourth-order valence-electron chi connectivity index (χ4n) is 2.59. The van der Waals surface area contributed by atoms with Crippen molar-refractivity contribution in [3.05, 3.63) is 29.3 Å². The van der Waals surface area contributed by atoms with E-state index in [0.29, 0.717) is 29.2 Å². The van der Waals surface area contributed by atoms with E-state index in [4.69, 9.17) is 5.73 Å². The Morgan fingerprint density at radius 3 is 2.35 bits per heavy atom. The number of rotatable bonds is 2. The van der Waals surface area contributed by atoms with Gasteiger partial charge in [-0.15, -0.1) is 0 Å². The first-order valence-electron chi connectivity index (χ1n) is 6.62. The van der Waals surface area contributed by atoms with Crippen LogP contribution in [0.2, 0.25) is 0 Å². The summed E-state index contributed by atoms with van der Waals surface area (Å²) in [6.45, 7) is 5.50. The van der Waals surface area contributed by atoms with E-state index >= 15 is 0 Å². The van der Waals surface area contributed by atoms with Crippen LogP contribution in [-0.2, 0) is 12.7 Å². The molecule has 2 N–H and O–H groups in total. The molecule has 1 aromatic rings. The first-order valence-corrected chi connectivity index (χ1v) is 7.56. The summed E-state index contributed by atoms with van der Waals surface area (Å²) in [5.41, 5.74) is 5.65. The van der Waals surface area contributed by atoms with Gasteiger partial charge in [0.2, 0.25) is 0 Å². The maximum absolute atomic E-state index is 13.2. The number of anilines is 1. The van der Waals surface area contributed by atoms with Crippen LogP contribution in [0.5, 0.6) is 0 Å². The van der Waals surface area contributed by atoms with Crippen LogP contribution in [0.25, 0.3) is 0 Å². The van der Waals surface area contributed by atoms with Gasteiger partial charge in [-0.3, -0.25) is 0 Å². The van der Waals surface area contributed by atoms with Crippen molar-refractivity contribution in [2.45, 2.75) is 37.1 Å². The molecule has 2 unspecified atom stereocenters. The molecule has 1 heterocycles. The Balaban J connectivity index is 2.40. The monoisotopic (exact) mass is 304 g/mol. The second kappa shape index (κ2) is 5.85. The predicted molar refractivity (Wildman–Crippen MR) is 78.1 cm³/mol. The molecule has 1 saturated heterocycles. The molecule has 2 nitrogen and oxygen atoms in total. The minimum atomic E-state index is -4.35. The minimum absolute atomic E-state index is 0.117. The Morgan fingerprint density at radius 1 is 1.25 bits per heavy atom. The molecule has 0 aliphatic carbocycles. The van der Waals surface area contributed by atoms with Gasteiger partial charge in [0.15, 0.2) is 0 Å². The number of nitrogens with two attached hydrogens (primary N) is 1. The first-order chi connectivity index (χ1) is 9.31. The van der Waals surface area contributed by atoms with Gasteiger partial charge in [0.1, 0.15) is 0 Å². The topological polar surface area (TPSA) is 29.3 Å². The average molecular weight is 304 g/mol. The quantitative estimate of drug-likeness (QED) is 0.907. The largest absolute Gasteiger partial charge is 0.418 e. The van der Waals surface area contributed by atoms with Crippen LogP contribution in [0.15, 0.2) is 18.2 Å². The summed E-state index contributed by atoms with van der Waals surface area (Å²) < 4.78 is 39.7. The molecule has 1 aliphatic rings. The molecular weight excluding hydrogens is 285 g/mol. The molecular formula is C14H19F3N2S. The fraction of sp³-hybridized carbons (Fsp3) is 0.571. The lowest BCUT2D eigenvalue weighted by Crippen LogP contribution is -2.41. The summed E-state index contributed by atoms with van der Waals surface area (Å²) in [5.74, 6) is 0. The van der Waals surface area contributed by atoms with E-state index in [9.17, 15) is 13.2 Å². The molecule has 1 fully saturated rings. The number of nitrogens with zero attached hydrogens (tertiary/aromatic N) is 1. The zero-order chi connectivity index (χ0) is 14.9. The maximum Gasteiger partial charge on any atom is 0.418 e. The summed E-state index contributed by atoms with van der Waals surface area (Å²) in [5, 5.41) is 0.656. The Labute approximate surface area is 121 Å². The van der Waals surface area contributed by atoms with Gasteiger partial charge in [0.25, 0.3) is 0 Å². The van der Waals surface area contributed by atoms with Crippen molar-refractivity contribution < 1.29 is 13.2 Å². The summed E-state index contributed by atoms with van der Waals surface area (Å²) in [7, 11) is 0. The Kier molecular flexibility index (Phi) is 4.54. The van der Waals surface area contributed by atoms with Crippen LogP contribution in [0, 0.1) is 0 Å². The van der Waals surface area contributed by atoms with Gasteiger partial charge in [-0.1, -0.05) is 19.9 Å². The van der Waals surface area contributed by atoms with Crippen molar-refractivity contribution in [1.29, 1.82) is 0 Å². The molecule has 1 aromatic carbocycles. The number of thioether (sulfide) groups is 1. The molecule has 1 aliphatic heterocycles. The van der Waals surface area contributed by atoms with Crippen LogP contribution in [-0.4, -0.2) is 23.6 Å². The molecule has 2 atom stereocenters. The standard InChI is InChI=1S/C14H19F3N2S/c1-9-7-19(8-10(2)20-9)13-4-3-11(6-18)5-12(13)14(15,16)17/h3-5,9-10H,6-8,18H2,1-2H3. The molecule has 0 saturated carbocycles. The third kappa shape index (κ3) is 3.41. The SMILES string of the molecule is CC1CN(c2ccc(CN)cc2C(F)(F)F)CC(C)S1. The number of alkyl halides is 3. The van der Waals surface area contributed by atoms with Crippen molar-refractivity contribution in [2.24, 2.45) is 5.73 Å². The third-order valence-electron chi connectivity index (χ3n) is 3.36. The lowest BCUT2D eigenvalue weighted by atomic mass is 10.1. The van der Waals surface area contributed by atoms with Crippen molar-refractivity contribution in [2.75, 3.05) is 18.0 Å². The highest BCUT2D eigenvalue weighted by molar-refractivity contribution is 8.00. The second-order valence-corrected chi connectivity index (χ2v) is 7.10. The van der Waals surface area contributed by atoms with Gasteiger partial charge in [-0.2, -0.15) is 24.9 Å². The molecule has 20 heavy (non-hydrogen) atoms. The molecule has 0 aromatic heterocycles. The summed E-state index contributed by atoms with van der Waals surface area (Å²) >= 11 is 1.82. The van der Waals surface area contributed by atoms with E-state index < -0.39 is 11.7 Å². The highest BCUT2D eigenvalue weighted by Gasteiger charge is 2.36. The van der Waals surface area contributed by atoms with Crippen molar-refractivity contribution in [1.82, 2.24) is 0 Å². The third-order valence-corrected chi connectivity index (χ3v) is 4.59. The normalized spacial score (nSPS) is 24.0. The number of benzene rings is 1. The van der Waals surface area contributed by atoms with Gasteiger partial charge >= 0.3 is 6.18 Å². The zero-order valence-electron chi connectivity index (χ0n) is 11.6. The first kappa shape index (κ1) is 15.5. The smallest absolute Gasteiger partial charge is 0.369 e. The second-order valence-electron chi connectivity index (χ2n) is 5.22. The van der Waals surface area contributed by atoms with E-state index in [0.717, 1.165) is 0 Å². The highest BCUT2D eigenvalue weighted by Crippen LogP contribution is 2.39. The van der Waals surface area contributed by atoms with Crippen molar-refractivity contribution >= 4 is 17.4 Å². The Bertz CT molecular complexity index is 466. The van der Waals surface area contributed by atoms with Crippen molar-refractivity contribution in [3.8, 4) is 0 Å².